The van der Waals surface area contributed by atoms with E-state index in [1.165, 1.54) is 5.56 Å². The summed E-state index contributed by atoms with van der Waals surface area (Å²) in [7, 11) is 0. The normalized spacial score (nSPS) is 16.5. The van der Waals surface area contributed by atoms with Crippen LogP contribution in [0, 0.1) is 0 Å². The highest BCUT2D eigenvalue weighted by Gasteiger charge is 2.20. The highest BCUT2D eigenvalue weighted by Crippen LogP contribution is 2.29. The largest absolute Gasteiger partial charge is 0.371 e. The van der Waals surface area contributed by atoms with Crippen LogP contribution in [0.3, 0.4) is 0 Å². The van der Waals surface area contributed by atoms with E-state index in [1.54, 1.807) is 12.3 Å². The first-order chi connectivity index (χ1) is 9.33. The Kier molecular flexibility index (Phi) is 3.36. The molecule has 1 aromatic carbocycles. The van der Waals surface area contributed by atoms with Crippen LogP contribution in [0.5, 0.6) is 0 Å². The molecule has 0 amide bonds. The van der Waals surface area contributed by atoms with Gasteiger partial charge in [-0.05, 0) is 30.4 Å². The summed E-state index contributed by atoms with van der Waals surface area (Å²) in [5.74, 6) is 0.652. The zero-order valence-corrected chi connectivity index (χ0v) is 10.9. The Morgan fingerprint density at radius 1 is 1.05 bits per heavy atom. The van der Waals surface area contributed by atoms with Crippen molar-refractivity contribution >= 4 is 5.69 Å². The van der Waals surface area contributed by atoms with Gasteiger partial charge in [-0.3, -0.25) is 4.79 Å². The molecule has 2 heterocycles. The first-order valence-corrected chi connectivity index (χ1v) is 6.81. The van der Waals surface area contributed by atoms with Crippen LogP contribution in [0.2, 0.25) is 0 Å². The van der Waals surface area contributed by atoms with E-state index in [4.69, 9.17) is 0 Å². The summed E-state index contributed by atoms with van der Waals surface area (Å²) < 4.78 is 0. The van der Waals surface area contributed by atoms with E-state index in [0.717, 1.165) is 31.6 Å². The molecule has 1 fully saturated rings. The molecule has 0 spiro atoms. The molecule has 1 aromatic heterocycles. The lowest BCUT2D eigenvalue weighted by molar-refractivity contribution is 0.505. The molecule has 0 aliphatic carbocycles. The number of pyridine rings is 1. The van der Waals surface area contributed by atoms with Crippen molar-refractivity contribution in [2.45, 2.75) is 18.8 Å². The zero-order chi connectivity index (χ0) is 13.1. The van der Waals surface area contributed by atoms with Crippen molar-refractivity contribution in [3.8, 4) is 0 Å². The van der Waals surface area contributed by atoms with Gasteiger partial charge >= 0.3 is 0 Å². The Morgan fingerprint density at radius 3 is 2.47 bits per heavy atom. The van der Waals surface area contributed by atoms with Crippen molar-refractivity contribution in [3.05, 3.63) is 64.6 Å². The Hall–Kier alpha value is -2.03. The van der Waals surface area contributed by atoms with Crippen LogP contribution < -0.4 is 10.5 Å². The lowest BCUT2D eigenvalue weighted by Gasteiger charge is -2.33. The van der Waals surface area contributed by atoms with Gasteiger partial charge in [0, 0.05) is 31.0 Å². The average Bonchev–Trinajstić information content (AvgIpc) is 2.48. The summed E-state index contributed by atoms with van der Waals surface area (Å²) in [6.45, 7) is 2.03. The third-order valence-corrected chi connectivity index (χ3v) is 3.89. The second kappa shape index (κ2) is 5.31. The van der Waals surface area contributed by atoms with Crippen LogP contribution in [0.15, 0.2) is 53.5 Å². The van der Waals surface area contributed by atoms with Crippen LogP contribution >= 0.6 is 0 Å². The molecule has 0 radical (unpaired) electrons. The fourth-order valence-electron chi connectivity index (χ4n) is 2.83. The number of aromatic nitrogens is 1. The van der Waals surface area contributed by atoms with Crippen LogP contribution in [0.4, 0.5) is 5.69 Å². The van der Waals surface area contributed by atoms with E-state index in [2.05, 4.69) is 40.2 Å². The van der Waals surface area contributed by atoms with Crippen LogP contribution in [-0.2, 0) is 0 Å². The molecule has 2 aromatic rings. The van der Waals surface area contributed by atoms with Gasteiger partial charge in [0.05, 0.1) is 0 Å². The van der Waals surface area contributed by atoms with Crippen molar-refractivity contribution in [3.63, 3.8) is 0 Å². The summed E-state index contributed by atoms with van der Waals surface area (Å²) in [5.41, 5.74) is 2.45. The van der Waals surface area contributed by atoms with Crippen LogP contribution in [0.1, 0.15) is 24.3 Å². The quantitative estimate of drug-likeness (QED) is 0.894. The van der Waals surface area contributed by atoms with Gasteiger partial charge in [-0.1, -0.05) is 30.3 Å². The summed E-state index contributed by atoms with van der Waals surface area (Å²) in [4.78, 5) is 16.3. The van der Waals surface area contributed by atoms with E-state index in [-0.39, 0.29) is 5.56 Å². The molecule has 0 bridgehead atoms. The van der Waals surface area contributed by atoms with Gasteiger partial charge in [0.1, 0.15) is 0 Å². The van der Waals surface area contributed by atoms with Gasteiger partial charge in [-0.15, -0.1) is 0 Å². The Bertz CT molecular complexity index is 583. The average molecular weight is 254 g/mol. The van der Waals surface area contributed by atoms with Gasteiger partial charge in [-0.2, -0.15) is 0 Å². The molecule has 1 saturated heterocycles. The van der Waals surface area contributed by atoms with E-state index in [0.29, 0.717) is 5.92 Å². The number of hydrogen-bond acceptors (Lipinski definition) is 2. The third kappa shape index (κ3) is 2.70. The van der Waals surface area contributed by atoms with E-state index in [9.17, 15) is 4.79 Å². The zero-order valence-electron chi connectivity index (χ0n) is 10.9. The summed E-state index contributed by atoms with van der Waals surface area (Å²) in [6.07, 6.45) is 4.02. The van der Waals surface area contributed by atoms with Gasteiger partial charge < -0.3 is 9.88 Å². The predicted molar refractivity (Wildman–Crippen MR) is 77.7 cm³/mol. The maximum Gasteiger partial charge on any atom is 0.249 e. The summed E-state index contributed by atoms with van der Waals surface area (Å²) in [6, 6.07) is 14.4. The highest BCUT2D eigenvalue weighted by atomic mass is 16.1. The van der Waals surface area contributed by atoms with E-state index < -0.39 is 0 Å². The minimum Gasteiger partial charge on any atom is -0.371 e. The first-order valence-electron chi connectivity index (χ1n) is 6.81. The molecular weight excluding hydrogens is 236 g/mol. The number of aromatic amines is 1. The van der Waals surface area contributed by atoms with Gasteiger partial charge in [0.15, 0.2) is 0 Å². The lowest BCUT2D eigenvalue weighted by atomic mass is 9.89. The minimum atomic E-state index is -0.0253. The molecule has 0 unspecified atom stereocenters. The molecule has 1 aliphatic heterocycles. The van der Waals surface area contributed by atoms with Crippen molar-refractivity contribution in [1.29, 1.82) is 0 Å². The smallest absolute Gasteiger partial charge is 0.249 e. The Morgan fingerprint density at radius 2 is 1.79 bits per heavy atom. The highest BCUT2D eigenvalue weighted by molar-refractivity contribution is 5.45. The fourth-order valence-corrected chi connectivity index (χ4v) is 2.83. The minimum absolute atomic E-state index is 0.0253. The van der Waals surface area contributed by atoms with Crippen molar-refractivity contribution in [1.82, 2.24) is 4.98 Å². The maximum absolute atomic E-state index is 11.3. The van der Waals surface area contributed by atoms with E-state index >= 15 is 0 Å². The lowest BCUT2D eigenvalue weighted by Crippen LogP contribution is -2.33. The molecule has 1 aliphatic rings. The van der Waals surface area contributed by atoms with Crippen molar-refractivity contribution in [2.24, 2.45) is 0 Å². The number of H-pyrrole nitrogens is 1. The van der Waals surface area contributed by atoms with E-state index in [1.807, 2.05) is 6.07 Å². The molecule has 0 atom stereocenters. The van der Waals surface area contributed by atoms with Gasteiger partial charge in [0.25, 0.3) is 0 Å². The predicted octanol–water partition coefficient (Wildman–Crippen LogP) is 2.76. The Balaban J connectivity index is 1.68. The topological polar surface area (TPSA) is 36.1 Å². The number of hydrogen-bond donors (Lipinski definition) is 1. The van der Waals surface area contributed by atoms with Crippen molar-refractivity contribution < 1.29 is 0 Å². The molecule has 98 valence electrons. The molecule has 19 heavy (non-hydrogen) atoms. The third-order valence-electron chi connectivity index (χ3n) is 3.89. The summed E-state index contributed by atoms with van der Waals surface area (Å²) >= 11 is 0. The van der Waals surface area contributed by atoms with Crippen LogP contribution in [0.25, 0.3) is 0 Å². The van der Waals surface area contributed by atoms with Crippen molar-refractivity contribution in [2.75, 3.05) is 18.0 Å². The van der Waals surface area contributed by atoms with Gasteiger partial charge in [0.2, 0.25) is 5.56 Å². The number of nitrogens with one attached hydrogen (secondary N) is 1. The molecular formula is C16H18N2O. The Labute approximate surface area is 112 Å². The molecule has 3 heteroatoms. The fraction of sp³-hybridized carbons (Fsp3) is 0.312. The number of anilines is 1. The standard InChI is InChI=1S/C16H18N2O/c19-16-12-15(6-9-17-16)18-10-7-14(8-11-18)13-4-2-1-3-5-13/h1-6,9,12,14H,7-8,10-11H2,(H,17,19). The number of piperidine rings is 1. The first kappa shape index (κ1) is 12.0. The monoisotopic (exact) mass is 254 g/mol. The van der Waals surface area contributed by atoms with Crippen LogP contribution in [-0.4, -0.2) is 18.1 Å². The molecule has 1 N–H and O–H groups in total. The van der Waals surface area contributed by atoms with Gasteiger partial charge in [-0.25, -0.2) is 0 Å². The molecule has 3 nitrogen and oxygen atoms in total. The SMILES string of the molecule is O=c1cc(N2CCC(c3ccccc3)CC2)cc[nH]1. The maximum atomic E-state index is 11.3. The second-order valence-electron chi connectivity index (χ2n) is 5.08. The number of nitrogens with zero attached hydrogens (tertiary/aromatic N) is 1. The molecule has 0 saturated carbocycles. The number of rotatable bonds is 2. The number of benzene rings is 1. The summed E-state index contributed by atoms with van der Waals surface area (Å²) in [5, 5.41) is 0. The molecule has 3 rings (SSSR count). The second-order valence-corrected chi connectivity index (χ2v) is 5.08.